The molecule has 8 heteroatoms. The molecule has 0 amide bonds. The van der Waals surface area contributed by atoms with Crippen molar-refractivity contribution in [2.24, 2.45) is 0 Å². The summed E-state index contributed by atoms with van der Waals surface area (Å²) in [5.41, 5.74) is -5.55. The van der Waals surface area contributed by atoms with E-state index in [9.17, 15) is 30.7 Å². The standard InChI is InChI=1S/C5H2ClF7/c6-2-1-3(7,4(8,9)10)5(11,12)13/h1-2H. The van der Waals surface area contributed by atoms with Gasteiger partial charge in [-0.3, -0.25) is 0 Å². The molecule has 0 heterocycles. The fourth-order valence-corrected chi connectivity index (χ4v) is 0.610. The summed E-state index contributed by atoms with van der Waals surface area (Å²) in [7, 11) is 0. The van der Waals surface area contributed by atoms with Gasteiger partial charge in [0.15, 0.2) is 0 Å². The Morgan fingerprint density at radius 2 is 1.08 bits per heavy atom. The molecule has 0 fully saturated rings. The zero-order valence-corrected chi connectivity index (χ0v) is 6.43. The lowest BCUT2D eigenvalue weighted by Gasteiger charge is -2.26. The number of halogens is 8. The van der Waals surface area contributed by atoms with E-state index in [1.165, 1.54) is 0 Å². The first kappa shape index (κ1) is 12.5. The molecule has 0 radical (unpaired) electrons. The molecule has 0 atom stereocenters. The highest BCUT2D eigenvalue weighted by Gasteiger charge is 2.71. The molecule has 0 bridgehead atoms. The van der Waals surface area contributed by atoms with Crippen LogP contribution in [0.1, 0.15) is 0 Å². The first-order valence-corrected chi connectivity index (χ1v) is 3.10. The van der Waals surface area contributed by atoms with Gasteiger partial charge in [0.25, 0.3) is 0 Å². The number of alkyl halides is 7. The van der Waals surface area contributed by atoms with E-state index in [0.717, 1.165) is 0 Å². The summed E-state index contributed by atoms with van der Waals surface area (Å²) in [5.74, 6) is 0. The molecule has 13 heavy (non-hydrogen) atoms. The Kier molecular flexibility index (Phi) is 3.24. The summed E-state index contributed by atoms with van der Waals surface area (Å²) >= 11 is 4.48. The summed E-state index contributed by atoms with van der Waals surface area (Å²) in [4.78, 5) is 0. The molecular weight excluding hydrogens is 228 g/mol. The Hall–Kier alpha value is -0.460. The van der Waals surface area contributed by atoms with E-state index in [1.807, 2.05) is 0 Å². The van der Waals surface area contributed by atoms with Crippen LogP contribution in [0.5, 0.6) is 0 Å². The highest BCUT2D eigenvalue weighted by atomic mass is 35.5. The van der Waals surface area contributed by atoms with Crippen LogP contribution < -0.4 is 0 Å². The minimum Gasteiger partial charge on any atom is -0.219 e. The second kappa shape index (κ2) is 3.36. The normalized spacial score (nSPS) is 15.4. The van der Waals surface area contributed by atoms with E-state index in [2.05, 4.69) is 11.6 Å². The Morgan fingerprint density at radius 3 is 1.15 bits per heavy atom. The van der Waals surface area contributed by atoms with Gasteiger partial charge in [-0.1, -0.05) is 11.6 Å². The van der Waals surface area contributed by atoms with Crippen molar-refractivity contribution in [3.63, 3.8) is 0 Å². The highest BCUT2D eigenvalue weighted by molar-refractivity contribution is 6.25. The molecule has 0 spiro atoms. The van der Waals surface area contributed by atoms with E-state index < -0.39 is 24.1 Å². The summed E-state index contributed by atoms with van der Waals surface area (Å²) in [6, 6.07) is 0. The number of hydrogen-bond donors (Lipinski definition) is 0. The van der Waals surface area contributed by atoms with Gasteiger partial charge in [0, 0.05) is 5.54 Å². The molecule has 0 aliphatic carbocycles. The monoisotopic (exact) mass is 230 g/mol. The second-order valence-corrected chi connectivity index (χ2v) is 2.25. The van der Waals surface area contributed by atoms with Gasteiger partial charge in [0.1, 0.15) is 0 Å². The first-order valence-electron chi connectivity index (χ1n) is 2.66. The van der Waals surface area contributed by atoms with Gasteiger partial charge in [-0.15, -0.1) is 0 Å². The predicted molar refractivity (Wildman–Crippen MR) is 30.9 cm³/mol. The van der Waals surface area contributed by atoms with Crippen molar-refractivity contribution in [2.75, 3.05) is 0 Å². The van der Waals surface area contributed by atoms with Crippen molar-refractivity contribution in [1.29, 1.82) is 0 Å². The lowest BCUT2D eigenvalue weighted by molar-refractivity contribution is -0.322. The van der Waals surface area contributed by atoms with Gasteiger partial charge in [-0.2, -0.15) is 26.3 Å². The first-order chi connectivity index (χ1) is 5.56. The van der Waals surface area contributed by atoms with E-state index in [-0.39, 0.29) is 5.54 Å². The molecule has 78 valence electrons. The van der Waals surface area contributed by atoms with E-state index >= 15 is 0 Å². The maximum atomic E-state index is 12.4. The third-order valence-corrected chi connectivity index (χ3v) is 1.24. The second-order valence-electron chi connectivity index (χ2n) is 2.00. The molecule has 0 unspecified atom stereocenters. The van der Waals surface area contributed by atoms with Gasteiger partial charge in [0.2, 0.25) is 0 Å². The van der Waals surface area contributed by atoms with Gasteiger partial charge >= 0.3 is 18.0 Å². The van der Waals surface area contributed by atoms with Crippen LogP contribution in [0.15, 0.2) is 11.6 Å². The molecule has 0 aliphatic heterocycles. The van der Waals surface area contributed by atoms with Crippen LogP contribution >= 0.6 is 11.6 Å². The number of hydrogen-bond acceptors (Lipinski definition) is 0. The Labute approximate surface area is 73.0 Å². The molecule has 0 rings (SSSR count). The molecule has 0 nitrogen and oxygen atoms in total. The Balaban J connectivity index is 5.21. The fourth-order valence-electron chi connectivity index (χ4n) is 0.437. The minimum atomic E-state index is -6.07. The zero-order chi connectivity index (χ0) is 10.9. The third-order valence-electron chi connectivity index (χ3n) is 1.12. The minimum absolute atomic E-state index is 0.166. The largest absolute Gasteiger partial charge is 0.435 e. The van der Waals surface area contributed by atoms with Crippen LogP contribution in [-0.4, -0.2) is 18.0 Å². The van der Waals surface area contributed by atoms with Gasteiger partial charge < -0.3 is 0 Å². The van der Waals surface area contributed by atoms with Gasteiger partial charge in [-0.25, -0.2) is 4.39 Å². The van der Waals surface area contributed by atoms with Crippen LogP contribution in [-0.2, 0) is 0 Å². The molecule has 0 aromatic rings. The highest BCUT2D eigenvalue weighted by Crippen LogP contribution is 2.47. The summed E-state index contributed by atoms with van der Waals surface area (Å²) in [5, 5.41) is 0. The van der Waals surface area contributed by atoms with E-state index in [0.29, 0.717) is 0 Å². The fraction of sp³-hybridized carbons (Fsp3) is 0.600. The number of rotatable bonds is 1. The van der Waals surface area contributed by atoms with Crippen molar-refractivity contribution in [1.82, 2.24) is 0 Å². The average Bonchev–Trinajstić information content (AvgIpc) is 1.82. The molecule has 0 saturated heterocycles. The lowest BCUT2D eigenvalue weighted by Crippen LogP contribution is -2.51. The maximum Gasteiger partial charge on any atom is 0.435 e. The molecule has 0 aromatic carbocycles. The maximum absolute atomic E-state index is 12.4. The smallest absolute Gasteiger partial charge is 0.219 e. The molecule has 0 N–H and O–H groups in total. The Bertz CT molecular complexity index is 186. The molecule has 0 saturated carbocycles. The van der Waals surface area contributed by atoms with Crippen molar-refractivity contribution >= 4 is 11.6 Å². The van der Waals surface area contributed by atoms with Crippen molar-refractivity contribution in [3.8, 4) is 0 Å². The van der Waals surface area contributed by atoms with Crippen molar-refractivity contribution in [3.05, 3.63) is 11.6 Å². The molecule has 0 aliphatic rings. The predicted octanol–water partition coefficient (Wildman–Crippen LogP) is 3.57. The molecule has 0 aromatic heterocycles. The quantitative estimate of drug-likeness (QED) is 0.604. The van der Waals surface area contributed by atoms with Gasteiger partial charge in [-0.05, 0) is 6.08 Å². The Morgan fingerprint density at radius 1 is 0.769 bits per heavy atom. The van der Waals surface area contributed by atoms with Crippen molar-refractivity contribution in [2.45, 2.75) is 18.0 Å². The van der Waals surface area contributed by atoms with Crippen LogP contribution in [0.4, 0.5) is 30.7 Å². The summed E-state index contributed by atoms with van der Waals surface area (Å²) in [6.45, 7) is 0. The molecular formula is C5H2ClF7. The average molecular weight is 231 g/mol. The van der Waals surface area contributed by atoms with Crippen LogP contribution in [0.3, 0.4) is 0 Å². The zero-order valence-electron chi connectivity index (χ0n) is 5.68. The van der Waals surface area contributed by atoms with Gasteiger partial charge in [0.05, 0.1) is 0 Å². The van der Waals surface area contributed by atoms with Crippen LogP contribution in [0, 0.1) is 0 Å². The number of allylic oxidation sites excluding steroid dienone is 1. The summed E-state index contributed by atoms with van der Waals surface area (Å²) in [6.07, 6.45) is -12.9. The van der Waals surface area contributed by atoms with Crippen LogP contribution in [0.25, 0.3) is 0 Å². The topological polar surface area (TPSA) is 0 Å². The van der Waals surface area contributed by atoms with Crippen molar-refractivity contribution < 1.29 is 30.7 Å². The van der Waals surface area contributed by atoms with E-state index in [4.69, 9.17) is 0 Å². The van der Waals surface area contributed by atoms with Crippen LogP contribution in [0.2, 0.25) is 0 Å². The summed E-state index contributed by atoms with van der Waals surface area (Å²) < 4.78 is 81.9. The lowest BCUT2D eigenvalue weighted by atomic mass is 10.1. The van der Waals surface area contributed by atoms with E-state index in [1.54, 1.807) is 0 Å². The SMILES string of the molecule is FC(F)(F)C(F)(C=CCl)C(F)(F)F. The third kappa shape index (κ3) is 2.26.